The van der Waals surface area contributed by atoms with Gasteiger partial charge in [0.2, 0.25) is 0 Å². The van der Waals surface area contributed by atoms with Gasteiger partial charge in [0.15, 0.2) is 0 Å². The van der Waals surface area contributed by atoms with Crippen LogP contribution in [0, 0.1) is 15.5 Å². The smallest absolute Gasteiger partial charge is 0.275 e. The van der Waals surface area contributed by atoms with E-state index in [0.717, 1.165) is 6.54 Å². The average Bonchev–Trinajstić information content (AvgIpc) is 2.99. The number of nitro benzene ring substituents is 1. The predicted molar refractivity (Wildman–Crippen MR) is 67.2 cm³/mol. The van der Waals surface area contributed by atoms with Crippen LogP contribution < -0.4 is 5.32 Å². The quantitative estimate of drug-likeness (QED) is 0.649. The summed E-state index contributed by atoms with van der Waals surface area (Å²) in [5.41, 5.74) is 1.05. The van der Waals surface area contributed by atoms with E-state index in [9.17, 15) is 10.1 Å². The topological polar surface area (TPSA) is 55.2 Å². The van der Waals surface area contributed by atoms with Gasteiger partial charge in [0, 0.05) is 19.2 Å². The van der Waals surface area contributed by atoms with Crippen LogP contribution in [0.2, 0.25) is 5.02 Å². The molecular weight excluding hydrogens is 240 g/mol. The molecule has 1 aromatic carbocycles. The summed E-state index contributed by atoms with van der Waals surface area (Å²) in [6.45, 7) is 3.54. The summed E-state index contributed by atoms with van der Waals surface area (Å²) in [5.74, 6) is 0. The molecule has 0 aliphatic heterocycles. The minimum absolute atomic E-state index is 0.0888. The zero-order valence-electron chi connectivity index (χ0n) is 9.70. The molecule has 5 heteroatoms. The largest absolute Gasteiger partial charge is 0.312 e. The van der Waals surface area contributed by atoms with Gasteiger partial charge in [-0.05, 0) is 24.3 Å². The second kappa shape index (κ2) is 4.63. The fourth-order valence-corrected chi connectivity index (χ4v) is 2.01. The molecule has 1 N–H and O–H groups in total. The van der Waals surface area contributed by atoms with E-state index in [4.69, 9.17) is 11.6 Å². The van der Waals surface area contributed by atoms with E-state index in [0.29, 0.717) is 22.5 Å². The Morgan fingerprint density at radius 1 is 1.53 bits per heavy atom. The zero-order valence-corrected chi connectivity index (χ0v) is 10.5. The molecule has 17 heavy (non-hydrogen) atoms. The molecule has 4 nitrogen and oxygen atoms in total. The first-order valence-electron chi connectivity index (χ1n) is 5.64. The van der Waals surface area contributed by atoms with E-state index >= 15 is 0 Å². The lowest BCUT2D eigenvalue weighted by atomic mass is 10.1. The van der Waals surface area contributed by atoms with Crippen molar-refractivity contribution >= 4 is 17.3 Å². The molecule has 0 atom stereocenters. The van der Waals surface area contributed by atoms with E-state index in [1.54, 1.807) is 12.1 Å². The second-order valence-corrected chi connectivity index (χ2v) is 5.32. The zero-order chi connectivity index (χ0) is 12.5. The van der Waals surface area contributed by atoms with Crippen LogP contribution >= 0.6 is 11.6 Å². The third kappa shape index (κ3) is 2.96. The molecule has 0 unspecified atom stereocenters. The minimum Gasteiger partial charge on any atom is -0.312 e. The molecule has 0 saturated heterocycles. The van der Waals surface area contributed by atoms with Crippen LogP contribution in [0.15, 0.2) is 18.2 Å². The summed E-state index contributed by atoms with van der Waals surface area (Å²) in [4.78, 5) is 10.5. The Kier molecular flexibility index (Phi) is 3.35. The number of hydrogen-bond donors (Lipinski definition) is 1. The van der Waals surface area contributed by atoms with E-state index in [2.05, 4.69) is 12.2 Å². The van der Waals surface area contributed by atoms with Crippen molar-refractivity contribution in [2.45, 2.75) is 26.3 Å². The van der Waals surface area contributed by atoms with Crippen molar-refractivity contribution in [1.82, 2.24) is 5.32 Å². The Hall–Kier alpha value is -1.13. The molecule has 1 aromatic rings. The van der Waals surface area contributed by atoms with Gasteiger partial charge in [-0.1, -0.05) is 24.6 Å². The Bertz CT molecular complexity index is 444. The van der Waals surface area contributed by atoms with Crippen LogP contribution in [0.3, 0.4) is 0 Å². The third-order valence-corrected chi connectivity index (χ3v) is 3.60. The SMILES string of the molecule is CC1(CNCc2c(Cl)cccc2[N+](=O)[O-])CC1. The van der Waals surface area contributed by atoms with Gasteiger partial charge < -0.3 is 5.32 Å². The molecule has 0 radical (unpaired) electrons. The number of rotatable bonds is 5. The minimum atomic E-state index is -0.387. The van der Waals surface area contributed by atoms with E-state index < -0.39 is 0 Å². The molecule has 1 fully saturated rings. The highest BCUT2D eigenvalue weighted by atomic mass is 35.5. The number of benzene rings is 1. The molecule has 1 saturated carbocycles. The molecule has 0 bridgehead atoms. The summed E-state index contributed by atoms with van der Waals surface area (Å²) in [7, 11) is 0. The van der Waals surface area contributed by atoms with Crippen molar-refractivity contribution in [3.8, 4) is 0 Å². The van der Waals surface area contributed by atoms with Crippen LogP contribution in [0.5, 0.6) is 0 Å². The average molecular weight is 255 g/mol. The van der Waals surface area contributed by atoms with Crippen molar-refractivity contribution < 1.29 is 4.92 Å². The number of nitrogens with one attached hydrogen (secondary N) is 1. The van der Waals surface area contributed by atoms with Crippen LogP contribution in [0.25, 0.3) is 0 Å². The molecule has 0 spiro atoms. The summed E-state index contributed by atoms with van der Waals surface area (Å²) >= 11 is 5.99. The summed E-state index contributed by atoms with van der Waals surface area (Å²) in [6.07, 6.45) is 2.45. The number of hydrogen-bond acceptors (Lipinski definition) is 3. The first-order chi connectivity index (χ1) is 8.02. The first kappa shape index (κ1) is 12.3. The van der Waals surface area contributed by atoms with Crippen LogP contribution in [-0.4, -0.2) is 11.5 Å². The first-order valence-corrected chi connectivity index (χ1v) is 6.02. The standard InChI is InChI=1S/C12H15ClN2O2/c1-12(5-6-12)8-14-7-9-10(13)3-2-4-11(9)15(16)17/h2-4,14H,5-8H2,1H3. The molecule has 0 amide bonds. The monoisotopic (exact) mass is 254 g/mol. The Balaban J connectivity index is 2.05. The highest BCUT2D eigenvalue weighted by Gasteiger charge is 2.36. The van der Waals surface area contributed by atoms with Crippen molar-refractivity contribution in [2.24, 2.45) is 5.41 Å². The maximum atomic E-state index is 10.9. The Morgan fingerprint density at radius 3 is 2.82 bits per heavy atom. The summed E-state index contributed by atoms with van der Waals surface area (Å²) in [5, 5.41) is 14.6. The third-order valence-electron chi connectivity index (χ3n) is 3.25. The maximum absolute atomic E-state index is 10.9. The van der Waals surface area contributed by atoms with Gasteiger partial charge >= 0.3 is 0 Å². The number of halogens is 1. The van der Waals surface area contributed by atoms with Crippen LogP contribution in [-0.2, 0) is 6.54 Å². The molecule has 92 valence electrons. The van der Waals surface area contributed by atoms with Gasteiger partial charge in [-0.15, -0.1) is 0 Å². The van der Waals surface area contributed by atoms with Crippen LogP contribution in [0.4, 0.5) is 5.69 Å². The van der Waals surface area contributed by atoms with E-state index in [1.165, 1.54) is 18.9 Å². The summed E-state index contributed by atoms with van der Waals surface area (Å²) < 4.78 is 0. The molecule has 1 aliphatic carbocycles. The molecule has 0 aromatic heterocycles. The van der Waals surface area contributed by atoms with E-state index in [1.807, 2.05) is 0 Å². The Morgan fingerprint density at radius 2 is 2.24 bits per heavy atom. The number of nitro groups is 1. The lowest BCUT2D eigenvalue weighted by Gasteiger charge is -2.11. The lowest BCUT2D eigenvalue weighted by molar-refractivity contribution is -0.385. The number of nitrogens with zero attached hydrogens (tertiary/aromatic N) is 1. The highest BCUT2D eigenvalue weighted by Crippen LogP contribution is 2.44. The normalized spacial score (nSPS) is 16.8. The van der Waals surface area contributed by atoms with Crippen molar-refractivity contribution in [3.05, 3.63) is 38.9 Å². The predicted octanol–water partition coefficient (Wildman–Crippen LogP) is 3.14. The van der Waals surface area contributed by atoms with Gasteiger partial charge in [-0.3, -0.25) is 10.1 Å². The van der Waals surface area contributed by atoms with Crippen molar-refractivity contribution in [1.29, 1.82) is 0 Å². The molecule has 2 rings (SSSR count). The maximum Gasteiger partial charge on any atom is 0.275 e. The van der Waals surface area contributed by atoms with Crippen LogP contribution in [0.1, 0.15) is 25.3 Å². The second-order valence-electron chi connectivity index (χ2n) is 4.91. The van der Waals surface area contributed by atoms with Gasteiger partial charge in [0.1, 0.15) is 0 Å². The van der Waals surface area contributed by atoms with Gasteiger partial charge in [-0.25, -0.2) is 0 Å². The summed E-state index contributed by atoms with van der Waals surface area (Å²) in [6, 6.07) is 4.78. The van der Waals surface area contributed by atoms with Gasteiger partial charge in [-0.2, -0.15) is 0 Å². The van der Waals surface area contributed by atoms with E-state index in [-0.39, 0.29) is 10.6 Å². The van der Waals surface area contributed by atoms with Crippen molar-refractivity contribution in [2.75, 3.05) is 6.54 Å². The van der Waals surface area contributed by atoms with Crippen molar-refractivity contribution in [3.63, 3.8) is 0 Å². The fourth-order valence-electron chi connectivity index (χ4n) is 1.77. The molecular formula is C12H15ClN2O2. The fraction of sp³-hybridized carbons (Fsp3) is 0.500. The molecule has 1 aliphatic rings. The molecule has 0 heterocycles. The van der Waals surface area contributed by atoms with Gasteiger partial charge in [0.25, 0.3) is 5.69 Å². The highest BCUT2D eigenvalue weighted by molar-refractivity contribution is 6.31. The lowest BCUT2D eigenvalue weighted by Crippen LogP contribution is -2.22. The Labute approximate surface area is 105 Å². The van der Waals surface area contributed by atoms with Gasteiger partial charge in [0.05, 0.1) is 15.5 Å².